The average Bonchev–Trinajstić information content (AvgIpc) is 2.93. The van der Waals surface area contributed by atoms with E-state index >= 15 is 0 Å². The zero-order chi connectivity index (χ0) is 24.6. The van der Waals surface area contributed by atoms with E-state index in [9.17, 15) is 27.6 Å². The van der Waals surface area contributed by atoms with Crippen LogP contribution in [-0.2, 0) is 15.1 Å². The van der Waals surface area contributed by atoms with Gasteiger partial charge in [-0.3, -0.25) is 14.5 Å². The van der Waals surface area contributed by atoms with Crippen LogP contribution in [0.5, 0.6) is 5.75 Å². The lowest BCUT2D eigenvalue weighted by molar-refractivity contribution is -0.274. The molecule has 0 aliphatic carbocycles. The Kier molecular flexibility index (Phi) is 6.40. The fraction of sp³-hybridized carbons (Fsp3) is 0.348. The average molecular weight is 463 g/mol. The van der Waals surface area contributed by atoms with Gasteiger partial charge in [-0.2, -0.15) is 0 Å². The highest BCUT2D eigenvalue weighted by atomic mass is 19.4. The van der Waals surface area contributed by atoms with Gasteiger partial charge >= 0.3 is 12.4 Å². The van der Waals surface area contributed by atoms with Gasteiger partial charge in [0.1, 0.15) is 17.8 Å². The Hall–Kier alpha value is -3.56. The molecule has 2 atom stereocenters. The van der Waals surface area contributed by atoms with E-state index in [1.807, 2.05) is 32.0 Å². The fourth-order valence-electron chi connectivity index (χ4n) is 3.57. The van der Waals surface area contributed by atoms with Gasteiger partial charge in [-0.25, -0.2) is 4.79 Å². The molecule has 1 aliphatic heterocycles. The third kappa shape index (κ3) is 5.27. The minimum atomic E-state index is -4.85. The van der Waals surface area contributed by atoms with Crippen LogP contribution in [0.25, 0.3) is 0 Å². The van der Waals surface area contributed by atoms with Crippen LogP contribution in [0.4, 0.5) is 18.0 Å². The molecule has 2 unspecified atom stereocenters. The van der Waals surface area contributed by atoms with Crippen LogP contribution in [0.1, 0.15) is 42.1 Å². The zero-order valence-corrected chi connectivity index (χ0v) is 18.5. The third-order valence-corrected chi connectivity index (χ3v) is 5.65. The van der Waals surface area contributed by atoms with Crippen molar-refractivity contribution >= 4 is 17.8 Å². The number of rotatable bonds is 6. The summed E-state index contributed by atoms with van der Waals surface area (Å²) >= 11 is 0. The van der Waals surface area contributed by atoms with Crippen molar-refractivity contribution in [2.45, 2.75) is 45.6 Å². The molecule has 0 saturated carbocycles. The van der Waals surface area contributed by atoms with Crippen LogP contribution in [0, 0.1) is 13.8 Å². The molecular weight excluding hydrogens is 439 g/mol. The molecule has 2 N–H and O–H groups in total. The molecule has 0 aromatic heterocycles. The van der Waals surface area contributed by atoms with Gasteiger partial charge in [0.15, 0.2) is 0 Å². The summed E-state index contributed by atoms with van der Waals surface area (Å²) in [6, 6.07) is 9.29. The van der Waals surface area contributed by atoms with E-state index < -0.39 is 42.0 Å². The van der Waals surface area contributed by atoms with Crippen molar-refractivity contribution in [3.8, 4) is 5.75 Å². The molecule has 176 valence electrons. The molecule has 2 aromatic carbocycles. The number of imide groups is 1. The minimum absolute atomic E-state index is 0.252. The first-order chi connectivity index (χ1) is 15.3. The first kappa shape index (κ1) is 24.1. The van der Waals surface area contributed by atoms with Gasteiger partial charge < -0.3 is 15.4 Å². The second-order valence-corrected chi connectivity index (χ2v) is 8.15. The predicted molar refractivity (Wildman–Crippen MR) is 113 cm³/mol. The standard InChI is InChI=1S/C23H24F3N3O4/c1-13-5-6-16(11-14(13)2)15(3)27-19(30)12-29-20(31)22(4,28-21(29)32)17-7-9-18(10-8-17)33-23(24,25)26/h5-11,15H,12H2,1-4H3,(H,27,30)(H,28,32). The number of hydrogen-bond acceptors (Lipinski definition) is 4. The molecule has 2 aromatic rings. The van der Waals surface area contributed by atoms with Crippen LogP contribution in [0.15, 0.2) is 42.5 Å². The van der Waals surface area contributed by atoms with Crippen LogP contribution in [0.3, 0.4) is 0 Å². The number of aryl methyl sites for hydroxylation is 2. The van der Waals surface area contributed by atoms with E-state index in [1.165, 1.54) is 19.1 Å². The largest absolute Gasteiger partial charge is 0.573 e. The summed E-state index contributed by atoms with van der Waals surface area (Å²) < 4.78 is 40.9. The Morgan fingerprint density at radius 3 is 2.33 bits per heavy atom. The molecule has 0 radical (unpaired) electrons. The molecule has 7 nitrogen and oxygen atoms in total. The molecule has 0 bridgehead atoms. The number of carbonyl (C=O) groups is 3. The Morgan fingerprint density at radius 1 is 1.12 bits per heavy atom. The maximum atomic E-state index is 13.0. The second-order valence-electron chi connectivity index (χ2n) is 8.15. The third-order valence-electron chi connectivity index (χ3n) is 5.65. The van der Waals surface area contributed by atoms with Crippen LogP contribution < -0.4 is 15.4 Å². The summed E-state index contributed by atoms with van der Waals surface area (Å²) in [5.74, 6) is -1.67. The van der Waals surface area contributed by atoms with Gasteiger partial charge in [0, 0.05) is 0 Å². The van der Waals surface area contributed by atoms with E-state index in [1.54, 1.807) is 6.92 Å². The van der Waals surface area contributed by atoms with Crippen LogP contribution in [0.2, 0.25) is 0 Å². The minimum Gasteiger partial charge on any atom is -0.406 e. The molecule has 1 aliphatic rings. The van der Waals surface area contributed by atoms with E-state index in [0.29, 0.717) is 0 Å². The number of nitrogens with one attached hydrogen (secondary N) is 2. The maximum Gasteiger partial charge on any atom is 0.573 e. The number of alkyl halides is 3. The van der Waals surface area contributed by atoms with Crippen molar-refractivity contribution in [2.75, 3.05) is 6.54 Å². The lowest BCUT2D eigenvalue weighted by Crippen LogP contribution is -2.43. The Balaban J connectivity index is 1.69. The van der Waals surface area contributed by atoms with Crippen molar-refractivity contribution < 1.29 is 32.3 Å². The molecule has 10 heteroatoms. The van der Waals surface area contributed by atoms with Gasteiger partial charge in [-0.15, -0.1) is 13.2 Å². The van der Waals surface area contributed by atoms with Crippen molar-refractivity contribution in [1.82, 2.24) is 15.5 Å². The summed E-state index contributed by atoms with van der Waals surface area (Å²) in [5.41, 5.74) is 1.80. The number of urea groups is 1. The normalized spacial score (nSPS) is 19.3. The van der Waals surface area contributed by atoms with Crippen molar-refractivity contribution in [2.24, 2.45) is 0 Å². The lowest BCUT2D eigenvalue weighted by Gasteiger charge is -2.23. The van der Waals surface area contributed by atoms with E-state index in [2.05, 4.69) is 15.4 Å². The van der Waals surface area contributed by atoms with Crippen molar-refractivity contribution in [1.29, 1.82) is 0 Å². The first-order valence-corrected chi connectivity index (χ1v) is 10.2. The maximum absolute atomic E-state index is 13.0. The molecule has 33 heavy (non-hydrogen) atoms. The van der Waals surface area contributed by atoms with E-state index in [0.717, 1.165) is 33.7 Å². The lowest BCUT2D eigenvalue weighted by atomic mass is 9.92. The Labute approximate surface area is 188 Å². The predicted octanol–water partition coefficient (Wildman–Crippen LogP) is 3.85. The number of carbonyl (C=O) groups excluding carboxylic acids is 3. The molecular formula is C23H24F3N3O4. The highest BCUT2D eigenvalue weighted by Crippen LogP contribution is 2.31. The van der Waals surface area contributed by atoms with Gasteiger partial charge in [-0.05, 0) is 62.1 Å². The monoisotopic (exact) mass is 463 g/mol. The SMILES string of the molecule is Cc1ccc(C(C)NC(=O)CN2C(=O)NC(C)(c3ccc(OC(F)(F)F)cc3)C2=O)cc1C. The van der Waals surface area contributed by atoms with Crippen molar-refractivity contribution in [3.05, 3.63) is 64.7 Å². The summed E-state index contributed by atoms with van der Waals surface area (Å²) in [6.07, 6.45) is -4.85. The number of benzene rings is 2. The van der Waals surface area contributed by atoms with Gasteiger partial charge in [0.2, 0.25) is 5.91 Å². The summed E-state index contributed by atoms with van der Waals surface area (Å²) in [5, 5.41) is 5.28. The zero-order valence-electron chi connectivity index (χ0n) is 18.5. The topological polar surface area (TPSA) is 87.7 Å². The molecule has 4 amide bonds. The molecule has 1 heterocycles. The van der Waals surface area contributed by atoms with Gasteiger partial charge in [-0.1, -0.05) is 30.3 Å². The summed E-state index contributed by atoms with van der Waals surface area (Å²) in [7, 11) is 0. The molecule has 1 fully saturated rings. The Morgan fingerprint density at radius 2 is 1.76 bits per heavy atom. The van der Waals surface area contributed by atoms with E-state index in [4.69, 9.17) is 0 Å². The number of ether oxygens (including phenoxy) is 1. The highest BCUT2D eigenvalue weighted by Gasteiger charge is 2.49. The molecule has 3 rings (SSSR count). The highest BCUT2D eigenvalue weighted by molar-refractivity contribution is 6.09. The van der Waals surface area contributed by atoms with Crippen LogP contribution in [-0.4, -0.2) is 35.7 Å². The number of halogens is 3. The number of amides is 4. The fourth-order valence-corrected chi connectivity index (χ4v) is 3.57. The second kappa shape index (κ2) is 8.76. The quantitative estimate of drug-likeness (QED) is 0.638. The molecule has 0 spiro atoms. The smallest absolute Gasteiger partial charge is 0.406 e. The number of nitrogens with zero attached hydrogens (tertiary/aromatic N) is 1. The summed E-state index contributed by atoms with van der Waals surface area (Å²) in [4.78, 5) is 38.7. The van der Waals surface area contributed by atoms with Crippen LogP contribution >= 0.6 is 0 Å². The Bertz CT molecular complexity index is 1090. The van der Waals surface area contributed by atoms with E-state index in [-0.39, 0.29) is 11.6 Å². The summed E-state index contributed by atoms with van der Waals surface area (Å²) in [6.45, 7) is 6.66. The molecule has 1 saturated heterocycles. The van der Waals surface area contributed by atoms with Gasteiger partial charge in [0.25, 0.3) is 5.91 Å². The first-order valence-electron chi connectivity index (χ1n) is 10.2. The number of hydrogen-bond donors (Lipinski definition) is 2. The van der Waals surface area contributed by atoms with Gasteiger partial charge in [0.05, 0.1) is 6.04 Å². The van der Waals surface area contributed by atoms with Crippen molar-refractivity contribution in [3.63, 3.8) is 0 Å².